The number of aromatic nitrogens is 1. The summed E-state index contributed by atoms with van der Waals surface area (Å²) in [5.74, 6) is 2.38. The van der Waals surface area contributed by atoms with Gasteiger partial charge >= 0.3 is 0 Å². The predicted octanol–water partition coefficient (Wildman–Crippen LogP) is 10.5. The fourth-order valence-electron chi connectivity index (χ4n) is 10.2. The molecule has 0 saturated heterocycles. The highest BCUT2D eigenvalue weighted by molar-refractivity contribution is 6.56. The molecule has 2 aromatic rings. The van der Waals surface area contributed by atoms with Gasteiger partial charge in [-0.2, -0.15) is 0 Å². The maximum Gasteiger partial charge on any atom is 0.226 e. The Bertz CT molecular complexity index is 1380. The standard InChI is InChI=1S/C39H61N2O2Si/c1-26(2)44(37(4,5)6)43-35-21-23-39(9)32-18-15-27(3)30(31(32)17-20-34(39)38(35,7)8)13-12-14-36(42)41(11)29-16-19-33-28(25-29)22-24-40(33)10/h16,19,22,24-26,31-32,34-35H,12-15,17-18,20-21,23H2,1-11H3/t31-,32-,34-,35-,39+/m0/s1. The van der Waals surface area contributed by atoms with E-state index in [2.05, 4.69) is 104 Å². The normalized spacial score (nSPS) is 28.8. The Labute approximate surface area is 270 Å². The summed E-state index contributed by atoms with van der Waals surface area (Å²) in [6.07, 6.45) is 12.8. The van der Waals surface area contributed by atoms with Crippen LogP contribution in [0.1, 0.15) is 120 Å². The van der Waals surface area contributed by atoms with E-state index in [0.29, 0.717) is 35.3 Å². The molecule has 5 heteroatoms. The minimum absolute atomic E-state index is 0.199. The molecule has 0 spiro atoms. The first kappa shape index (κ1) is 33.5. The van der Waals surface area contributed by atoms with E-state index in [1.165, 1.54) is 49.4 Å². The molecule has 44 heavy (non-hydrogen) atoms. The van der Waals surface area contributed by atoms with Crippen LogP contribution in [0, 0.1) is 28.6 Å². The fourth-order valence-corrected chi connectivity index (χ4v) is 13.3. The van der Waals surface area contributed by atoms with Crippen molar-refractivity contribution in [2.24, 2.45) is 35.6 Å². The first-order valence-corrected chi connectivity index (χ1v) is 19.1. The molecule has 2 saturated carbocycles. The molecular weight excluding hydrogens is 557 g/mol. The number of anilines is 1. The van der Waals surface area contributed by atoms with Gasteiger partial charge in [0.05, 0.1) is 6.10 Å². The number of nitrogens with zero attached hydrogens (tertiary/aromatic N) is 2. The molecule has 0 aliphatic heterocycles. The van der Waals surface area contributed by atoms with Crippen LogP contribution in [0.4, 0.5) is 5.69 Å². The van der Waals surface area contributed by atoms with E-state index >= 15 is 0 Å². The van der Waals surface area contributed by atoms with Crippen LogP contribution in [0.25, 0.3) is 10.9 Å². The Morgan fingerprint density at radius 1 is 1.11 bits per heavy atom. The maximum absolute atomic E-state index is 13.3. The van der Waals surface area contributed by atoms with Crippen LogP contribution >= 0.6 is 0 Å². The van der Waals surface area contributed by atoms with Crippen LogP contribution in [0.5, 0.6) is 0 Å². The summed E-state index contributed by atoms with van der Waals surface area (Å²) in [5, 5.41) is 1.43. The molecule has 1 radical (unpaired) electrons. The molecule has 3 aliphatic rings. The van der Waals surface area contributed by atoms with Gasteiger partial charge in [-0.25, -0.2) is 0 Å². The van der Waals surface area contributed by atoms with Gasteiger partial charge in [0.2, 0.25) is 14.9 Å². The highest BCUT2D eigenvalue weighted by Crippen LogP contribution is 2.65. The number of hydrogen-bond donors (Lipinski definition) is 0. The highest BCUT2D eigenvalue weighted by Gasteiger charge is 2.59. The quantitative estimate of drug-likeness (QED) is 0.218. The molecule has 5 rings (SSSR count). The van der Waals surface area contributed by atoms with Crippen LogP contribution in [0.3, 0.4) is 0 Å². The molecule has 1 aromatic heterocycles. The molecule has 0 bridgehead atoms. The van der Waals surface area contributed by atoms with Gasteiger partial charge in [0.25, 0.3) is 0 Å². The zero-order chi connectivity index (χ0) is 32.2. The van der Waals surface area contributed by atoms with Gasteiger partial charge in [-0.1, -0.05) is 66.5 Å². The largest absolute Gasteiger partial charge is 0.412 e. The van der Waals surface area contributed by atoms with Crippen molar-refractivity contribution in [3.8, 4) is 0 Å². The molecule has 0 N–H and O–H groups in total. The van der Waals surface area contributed by atoms with E-state index in [-0.39, 0.29) is 16.4 Å². The van der Waals surface area contributed by atoms with Crippen molar-refractivity contribution in [3.05, 3.63) is 41.6 Å². The number of fused-ring (bicyclic) bond motifs is 4. The zero-order valence-electron chi connectivity index (χ0n) is 29.8. The Morgan fingerprint density at radius 3 is 2.52 bits per heavy atom. The maximum atomic E-state index is 13.3. The van der Waals surface area contributed by atoms with Crippen molar-refractivity contribution in [2.45, 2.75) is 137 Å². The smallest absolute Gasteiger partial charge is 0.226 e. The number of aryl methyl sites for hydroxylation is 1. The summed E-state index contributed by atoms with van der Waals surface area (Å²) in [6.45, 7) is 22.1. The number of benzene rings is 1. The summed E-state index contributed by atoms with van der Waals surface area (Å²) in [7, 11) is 3.07. The number of carbonyl (C=O) groups excluding carboxylic acids is 1. The number of carbonyl (C=O) groups is 1. The molecule has 243 valence electrons. The molecule has 3 aliphatic carbocycles. The van der Waals surface area contributed by atoms with Crippen molar-refractivity contribution in [3.63, 3.8) is 0 Å². The second-order valence-electron chi connectivity index (χ2n) is 16.9. The fraction of sp³-hybridized carbons (Fsp3) is 0.718. The molecule has 4 nitrogen and oxygen atoms in total. The van der Waals surface area contributed by atoms with Crippen molar-refractivity contribution in [1.29, 1.82) is 0 Å². The number of allylic oxidation sites excluding steroid dienone is 2. The zero-order valence-corrected chi connectivity index (χ0v) is 30.8. The summed E-state index contributed by atoms with van der Waals surface area (Å²) >= 11 is 0. The summed E-state index contributed by atoms with van der Waals surface area (Å²) in [6, 6.07) is 8.46. The number of rotatable bonds is 8. The van der Waals surface area contributed by atoms with Crippen LogP contribution in [-0.4, -0.2) is 32.7 Å². The molecule has 1 amide bonds. The van der Waals surface area contributed by atoms with E-state index in [1.807, 2.05) is 11.9 Å². The van der Waals surface area contributed by atoms with E-state index in [0.717, 1.165) is 24.4 Å². The molecule has 1 aromatic carbocycles. The first-order valence-electron chi connectivity index (χ1n) is 17.6. The minimum atomic E-state index is -0.931. The van der Waals surface area contributed by atoms with Gasteiger partial charge in [-0.05, 0) is 122 Å². The second kappa shape index (κ2) is 12.4. The van der Waals surface area contributed by atoms with Crippen molar-refractivity contribution < 1.29 is 9.22 Å². The summed E-state index contributed by atoms with van der Waals surface area (Å²) < 4.78 is 9.33. The number of hydrogen-bond acceptors (Lipinski definition) is 2. The first-order chi connectivity index (χ1) is 20.6. The van der Waals surface area contributed by atoms with Crippen LogP contribution in [0.15, 0.2) is 41.6 Å². The van der Waals surface area contributed by atoms with Crippen molar-refractivity contribution in [2.75, 3.05) is 11.9 Å². The molecule has 0 unspecified atom stereocenters. The Hall–Kier alpha value is -1.85. The Balaban J connectivity index is 1.24. The van der Waals surface area contributed by atoms with Crippen LogP contribution in [0.2, 0.25) is 10.6 Å². The highest BCUT2D eigenvalue weighted by atomic mass is 28.3. The lowest BCUT2D eigenvalue weighted by atomic mass is 9.43. The van der Waals surface area contributed by atoms with Gasteiger partial charge < -0.3 is 13.9 Å². The van der Waals surface area contributed by atoms with Gasteiger partial charge in [-0.3, -0.25) is 4.79 Å². The van der Waals surface area contributed by atoms with Gasteiger partial charge in [0, 0.05) is 43.3 Å². The van der Waals surface area contributed by atoms with Crippen molar-refractivity contribution in [1.82, 2.24) is 4.57 Å². The van der Waals surface area contributed by atoms with Crippen LogP contribution in [-0.2, 0) is 16.3 Å². The van der Waals surface area contributed by atoms with E-state index in [1.54, 1.807) is 11.1 Å². The summed E-state index contributed by atoms with van der Waals surface area (Å²) in [4.78, 5) is 15.2. The Morgan fingerprint density at radius 2 is 1.84 bits per heavy atom. The topological polar surface area (TPSA) is 34.5 Å². The van der Waals surface area contributed by atoms with E-state index in [9.17, 15) is 4.79 Å². The SMILES string of the molecule is CC1=C(CCCC(=O)N(C)c2ccc3c(ccn3C)c2)[C@@H]2CC[C@H]3C(C)(C)[C@@H](O[Si](C(C)C)C(C)(C)C)CC[C@]3(C)[C@H]2CC1. The third-order valence-corrected chi connectivity index (χ3v) is 15.5. The third-order valence-electron chi connectivity index (χ3n) is 12.4. The molecule has 2 fully saturated rings. The lowest BCUT2D eigenvalue weighted by molar-refractivity contribution is -0.144. The lowest BCUT2D eigenvalue weighted by Gasteiger charge is -2.63. The molecule has 5 atom stereocenters. The monoisotopic (exact) mass is 617 g/mol. The third kappa shape index (κ3) is 6.13. The minimum Gasteiger partial charge on any atom is -0.412 e. The Kier molecular flexibility index (Phi) is 9.44. The van der Waals surface area contributed by atoms with E-state index < -0.39 is 9.04 Å². The average molecular weight is 618 g/mol. The average Bonchev–Trinajstić information content (AvgIpc) is 3.31. The van der Waals surface area contributed by atoms with Gasteiger partial charge in [0.1, 0.15) is 0 Å². The predicted molar refractivity (Wildman–Crippen MR) is 188 cm³/mol. The van der Waals surface area contributed by atoms with E-state index in [4.69, 9.17) is 4.43 Å². The summed E-state index contributed by atoms with van der Waals surface area (Å²) in [5.41, 5.74) is 6.70. The molecule has 1 heterocycles. The molecular formula is C39H61N2O2Si. The van der Waals surface area contributed by atoms with Gasteiger partial charge in [0.15, 0.2) is 0 Å². The van der Waals surface area contributed by atoms with Crippen molar-refractivity contribution >= 4 is 31.5 Å². The van der Waals surface area contributed by atoms with Crippen LogP contribution < -0.4 is 4.90 Å². The number of amides is 1. The lowest BCUT2D eigenvalue weighted by Crippen LogP contribution is -2.58. The second-order valence-corrected chi connectivity index (χ2v) is 20.5. The van der Waals surface area contributed by atoms with Gasteiger partial charge in [-0.15, -0.1) is 0 Å².